The molecule has 0 saturated heterocycles. The van der Waals surface area contributed by atoms with Gasteiger partial charge in [0.2, 0.25) is 0 Å². The van der Waals surface area contributed by atoms with Gasteiger partial charge in [-0.1, -0.05) is 6.07 Å². The van der Waals surface area contributed by atoms with Gasteiger partial charge in [0.15, 0.2) is 0 Å². The number of phenolic OH excluding ortho intramolecular Hbond substituents is 1. The van der Waals surface area contributed by atoms with Gasteiger partial charge in [0.1, 0.15) is 5.75 Å². The summed E-state index contributed by atoms with van der Waals surface area (Å²) in [6.07, 6.45) is 0. The van der Waals surface area contributed by atoms with Crippen LogP contribution in [0.4, 0.5) is 0 Å². The molecule has 0 aromatic heterocycles. The normalized spacial score (nSPS) is 11.0. The highest BCUT2D eigenvalue weighted by Gasteiger charge is 2.11. The van der Waals surface area contributed by atoms with Crippen LogP contribution in [0.2, 0.25) is 0 Å². The Bertz CT molecular complexity index is 350. The number of hydrogen-bond donors (Lipinski definition) is 2. The Morgan fingerprint density at radius 2 is 2.00 bits per heavy atom. The van der Waals surface area contributed by atoms with Gasteiger partial charge in [-0.15, -0.1) is 0 Å². The summed E-state index contributed by atoms with van der Waals surface area (Å²) in [4.78, 5) is 0. The smallest absolute Gasteiger partial charge is 0.133 e. The molecule has 0 atom stereocenters. The predicted molar refractivity (Wildman–Crippen MR) is 58.5 cm³/mol. The topological polar surface area (TPSA) is 43.7 Å². The summed E-state index contributed by atoms with van der Waals surface area (Å²) < 4.78 is 0.722. The molecule has 14 heavy (non-hydrogen) atoms. The number of aryl methyl sites for hydroxylation is 1. The number of halogens is 1. The van der Waals surface area contributed by atoms with Crippen molar-refractivity contribution in [3.8, 4) is 5.75 Å². The first-order chi connectivity index (χ1) is 6.43. The van der Waals surface area contributed by atoms with Crippen molar-refractivity contribution < 1.29 is 10.3 Å². The minimum atomic E-state index is 0.252. The lowest BCUT2D eigenvalue weighted by atomic mass is 10.0. The summed E-state index contributed by atoms with van der Waals surface area (Å²) in [6.45, 7) is 4.15. The minimum absolute atomic E-state index is 0.252. The average molecular weight is 260 g/mol. The maximum atomic E-state index is 9.73. The second-order valence-electron chi connectivity index (χ2n) is 3.46. The first-order valence-corrected chi connectivity index (χ1v) is 5.10. The second kappa shape index (κ2) is 4.29. The summed E-state index contributed by atoms with van der Waals surface area (Å²) in [5.41, 5.74) is 2.68. The van der Waals surface area contributed by atoms with Gasteiger partial charge in [0, 0.05) is 13.6 Å². The summed E-state index contributed by atoms with van der Waals surface area (Å²) in [6, 6.07) is 1.95. The fourth-order valence-corrected chi connectivity index (χ4v) is 1.76. The van der Waals surface area contributed by atoms with Gasteiger partial charge in [0.05, 0.1) is 4.47 Å². The molecule has 0 amide bonds. The van der Waals surface area contributed by atoms with E-state index in [0.29, 0.717) is 6.54 Å². The fourth-order valence-electron chi connectivity index (χ4n) is 1.35. The third-order valence-electron chi connectivity index (χ3n) is 2.18. The monoisotopic (exact) mass is 259 g/mol. The molecule has 1 aromatic carbocycles. The third kappa shape index (κ3) is 2.26. The lowest BCUT2D eigenvalue weighted by Gasteiger charge is -2.14. The van der Waals surface area contributed by atoms with Crippen molar-refractivity contribution in [2.75, 3.05) is 7.05 Å². The van der Waals surface area contributed by atoms with E-state index in [1.54, 1.807) is 7.05 Å². The van der Waals surface area contributed by atoms with Gasteiger partial charge in [-0.05, 0) is 46.5 Å². The molecule has 78 valence electrons. The standard InChI is InChI=1S/C10H14BrNO2/c1-6-4-8(5-12(3)14)7(2)10(13)9(6)11/h4,13-14H,5H2,1-3H3. The highest BCUT2D eigenvalue weighted by atomic mass is 79.9. The first-order valence-electron chi connectivity index (χ1n) is 4.31. The number of rotatable bonds is 2. The van der Waals surface area contributed by atoms with Crippen LogP contribution in [0.3, 0.4) is 0 Å². The van der Waals surface area contributed by atoms with Crippen LogP contribution < -0.4 is 0 Å². The molecule has 0 bridgehead atoms. The molecule has 1 aromatic rings. The van der Waals surface area contributed by atoms with E-state index in [0.717, 1.165) is 26.2 Å². The van der Waals surface area contributed by atoms with E-state index in [4.69, 9.17) is 5.21 Å². The molecule has 0 radical (unpaired) electrons. The Morgan fingerprint density at radius 3 is 2.50 bits per heavy atom. The molecule has 0 aliphatic heterocycles. The van der Waals surface area contributed by atoms with E-state index in [1.165, 1.54) is 0 Å². The molecular weight excluding hydrogens is 246 g/mol. The largest absolute Gasteiger partial charge is 0.506 e. The maximum absolute atomic E-state index is 9.73. The van der Waals surface area contributed by atoms with Crippen LogP contribution in [0.1, 0.15) is 16.7 Å². The molecule has 0 aliphatic carbocycles. The van der Waals surface area contributed by atoms with Crippen molar-refractivity contribution in [1.29, 1.82) is 0 Å². The Balaban J connectivity index is 3.19. The Morgan fingerprint density at radius 1 is 1.43 bits per heavy atom. The van der Waals surface area contributed by atoms with Crippen LogP contribution >= 0.6 is 15.9 Å². The zero-order chi connectivity index (χ0) is 10.9. The molecule has 2 N–H and O–H groups in total. The molecule has 0 fully saturated rings. The summed E-state index contributed by atoms with van der Waals surface area (Å²) in [5, 5.41) is 19.9. The SMILES string of the molecule is Cc1cc(CN(C)O)c(C)c(O)c1Br. The number of aromatic hydroxyl groups is 1. The number of benzene rings is 1. The molecule has 0 aliphatic rings. The predicted octanol–water partition coefficient (Wildman–Crippen LogP) is 2.59. The Hall–Kier alpha value is -0.580. The van der Waals surface area contributed by atoms with Crippen molar-refractivity contribution in [1.82, 2.24) is 5.06 Å². The quantitative estimate of drug-likeness (QED) is 0.803. The minimum Gasteiger partial charge on any atom is -0.506 e. The van der Waals surface area contributed by atoms with Crippen molar-refractivity contribution in [3.05, 3.63) is 27.2 Å². The van der Waals surface area contributed by atoms with E-state index in [1.807, 2.05) is 19.9 Å². The van der Waals surface area contributed by atoms with Gasteiger partial charge in [0.25, 0.3) is 0 Å². The highest BCUT2D eigenvalue weighted by Crippen LogP contribution is 2.33. The van der Waals surface area contributed by atoms with Gasteiger partial charge >= 0.3 is 0 Å². The molecule has 0 spiro atoms. The molecule has 3 nitrogen and oxygen atoms in total. The first kappa shape index (κ1) is 11.5. The van der Waals surface area contributed by atoms with Crippen molar-refractivity contribution in [2.24, 2.45) is 0 Å². The summed E-state index contributed by atoms with van der Waals surface area (Å²) in [5.74, 6) is 0.252. The lowest BCUT2D eigenvalue weighted by molar-refractivity contribution is -0.0733. The van der Waals surface area contributed by atoms with Crippen LogP contribution in [0.15, 0.2) is 10.5 Å². The van der Waals surface area contributed by atoms with Crippen molar-refractivity contribution >= 4 is 15.9 Å². The van der Waals surface area contributed by atoms with Gasteiger partial charge in [-0.3, -0.25) is 0 Å². The number of nitrogens with zero attached hydrogens (tertiary/aromatic N) is 1. The third-order valence-corrected chi connectivity index (χ3v) is 3.18. The Kier molecular flexibility index (Phi) is 3.53. The van der Waals surface area contributed by atoms with Gasteiger partial charge in [-0.25, -0.2) is 0 Å². The van der Waals surface area contributed by atoms with E-state index in [-0.39, 0.29) is 5.75 Å². The van der Waals surface area contributed by atoms with E-state index in [9.17, 15) is 5.11 Å². The van der Waals surface area contributed by atoms with Crippen LogP contribution in [0.25, 0.3) is 0 Å². The van der Waals surface area contributed by atoms with Crippen LogP contribution in [-0.2, 0) is 6.54 Å². The summed E-state index contributed by atoms with van der Waals surface area (Å²) >= 11 is 3.30. The van der Waals surface area contributed by atoms with E-state index >= 15 is 0 Å². The van der Waals surface area contributed by atoms with Gasteiger partial charge < -0.3 is 10.3 Å². The van der Waals surface area contributed by atoms with Gasteiger partial charge in [-0.2, -0.15) is 5.06 Å². The summed E-state index contributed by atoms with van der Waals surface area (Å²) in [7, 11) is 1.58. The highest BCUT2D eigenvalue weighted by molar-refractivity contribution is 9.10. The fraction of sp³-hybridized carbons (Fsp3) is 0.400. The van der Waals surface area contributed by atoms with Crippen LogP contribution in [-0.4, -0.2) is 22.4 Å². The molecule has 0 saturated carbocycles. The number of hydrogen-bond acceptors (Lipinski definition) is 3. The van der Waals surface area contributed by atoms with Crippen LogP contribution in [0, 0.1) is 13.8 Å². The van der Waals surface area contributed by atoms with Crippen molar-refractivity contribution in [3.63, 3.8) is 0 Å². The molecule has 0 unspecified atom stereocenters. The zero-order valence-electron chi connectivity index (χ0n) is 8.50. The van der Waals surface area contributed by atoms with E-state index < -0.39 is 0 Å². The Labute approximate surface area is 92.1 Å². The lowest BCUT2D eigenvalue weighted by Crippen LogP contribution is -2.12. The van der Waals surface area contributed by atoms with Crippen LogP contribution in [0.5, 0.6) is 5.75 Å². The molecule has 4 heteroatoms. The molecule has 0 heterocycles. The number of phenols is 1. The number of hydroxylamine groups is 2. The average Bonchev–Trinajstić information content (AvgIpc) is 2.10. The van der Waals surface area contributed by atoms with Crippen molar-refractivity contribution in [2.45, 2.75) is 20.4 Å². The molecular formula is C10H14BrNO2. The maximum Gasteiger partial charge on any atom is 0.133 e. The second-order valence-corrected chi connectivity index (χ2v) is 4.25. The molecule has 1 rings (SSSR count). The zero-order valence-corrected chi connectivity index (χ0v) is 10.1. The van der Waals surface area contributed by atoms with E-state index in [2.05, 4.69) is 15.9 Å².